The first kappa shape index (κ1) is 15.0. The third kappa shape index (κ3) is 3.85. The lowest BCUT2D eigenvalue weighted by Gasteiger charge is -2.32. The fourth-order valence-corrected chi connectivity index (χ4v) is 3.65. The molecule has 1 aromatic carbocycles. The van der Waals surface area contributed by atoms with E-state index >= 15 is 0 Å². The zero-order valence-corrected chi connectivity index (χ0v) is 13.1. The summed E-state index contributed by atoms with van der Waals surface area (Å²) in [6, 6.07) is 9.11. The molecule has 0 saturated carbocycles. The van der Waals surface area contributed by atoms with E-state index in [1.54, 1.807) is 0 Å². The fraction of sp³-hybridized carbons (Fsp3) is 0.667. The highest BCUT2D eigenvalue weighted by atomic mass is 16.3. The molecule has 116 valence electrons. The van der Waals surface area contributed by atoms with Crippen LogP contribution in [0.5, 0.6) is 0 Å². The summed E-state index contributed by atoms with van der Waals surface area (Å²) in [6.45, 7) is 6.13. The Hall–Kier alpha value is -0.900. The smallest absolute Gasteiger partial charge is 0.0791 e. The van der Waals surface area contributed by atoms with Crippen LogP contribution in [0.2, 0.25) is 0 Å². The van der Waals surface area contributed by atoms with Crippen LogP contribution in [0.3, 0.4) is 0 Å². The molecule has 2 N–H and O–H groups in total. The molecule has 1 saturated heterocycles. The van der Waals surface area contributed by atoms with Gasteiger partial charge in [0.25, 0.3) is 0 Å². The monoisotopic (exact) mass is 288 g/mol. The van der Waals surface area contributed by atoms with Gasteiger partial charge in [-0.3, -0.25) is 0 Å². The molecule has 2 unspecified atom stereocenters. The van der Waals surface area contributed by atoms with Gasteiger partial charge in [0.05, 0.1) is 6.10 Å². The van der Waals surface area contributed by atoms with Crippen molar-refractivity contribution in [2.24, 2.45) is 5.92 Å². The Morgan fingerprint density at radius 3 is 2.81 bits per heavy atom. The van der Waals surface area contributed by atoms with Crippen molar-refractivity contribution in [3.05, 3.63) is 35.4 Å². The molecule has 3 heteroatoms. The maximum Gasteiger partial charge on any atom is 0.0791 e. The topological polar surface area (TPSA) is 35.5 Å². The van der Waals surface area contributed by atoms with Gasteiger partial charge in [0.1, 0.15) is 0 Å². The number of hydrogen-bond acceptors (Lipinski definition) is 3. The molecule has 0 spiro atoms. The van der Waals surface area contributed by atoms with Gasteiger partial charge in [0, 0.05) is 19.1 Å². The number of piperidine rings is 1. The molecule has 3 nitrogen and oxygen atoms in total. The number of fused-ring (bicyclic) bond motifs is 1. The highest BCUT2D eigenvalue weighted by Gasteiger charge is 2.23. The van der Waals surface area contributed by atoms with E-state index in [0.717, 1.165) is 38.4 Å². The molecule has 0 radical (unpaired) electrons. The van der Waals surface area contributed by atoms with Gasteiger partial charge in [-0.2, -0.15) is 0 Å². The Balaban J connectivity index is 1.43. The van der Waals surface area contributed by atoms with E-state index in [2.05, 4.69) is 41.4 Å². The second-order valence-corrected chi connectivity index (χ2v) is 6.84. The van der Waals surface area contributed by atoms with Gasteiger partial charge in [0.15, 0.2) is 0 Å². The number of nitrogens with one attached hydrogen (secondary N) is 1. The molecule has 1 fully saturated rings. The first-order valence-electron chi connectivity index (χ1n) is 8.44. The van der Waals surface area contributed by atoms with Crippen LogP contribution in [0.15, 0.2) is 24.3 Å². The summed E-state index contributed by atoms with van der Waals surface area (Å²) in [4.78, 5) is 2.41. The number of nitrogens with zero attached hydrogens (tertiary/aromatic N) is 1. The highest BCUT2D eigenvalue weighted by molar-refractivity contribution is 5.34. The third-order valence-corrected chi connectivity index (χ3v) is 5.08. The number of likely N-dealkylation sites (tertiary alicyclic amines) is 1. The summed E-state index contributed by atoms with van der Waals surface area (Å²) in [7, 11) is 0. The largest absolute Gasteiger partial charge is 0.390 e. The number of rotatable bonds is 5. The van der Waals surface area contributed by atoms with Crippen LogP contribution < -0.4 is 5.32 Å². The van der Waals surface area contributed by atoms with E-state index in [9.17, 15) is 5.11 Å². The first-order valence-corrected chi connectivity index (χ1v) is 8.44. The van der Waals surface area contributed by atoms with Crippen molar-refractivity contribution in [1.29, 1.82) is 0 Å². The Morgan fingerprint density at radius 2 is 2.00 bits per heavy atom. The molecule has 2 atom stereocenters. The van der Waals surface area contributed by atoms with Gasteiger partial charge in [-0.25, -0.2) is 0 Å². The Bertz CT molecular complexity index is 454. The summed E-state index contributed by atoms with van der Waals surface area (Å²) in [5, 5.41) is 13.8. The first-order chi connectivity index (χ1) is 10.2. The van der Waals surface area contributed by atoms with Crippen molar-refractivity contribution in [1.82, 2.24) is 10.2 Å². The van der Waals surface area contributed by atoms with Crippen LogP contribution in [-0.4, -0.2) is 42.3 Å². The average molecular weight is 288 g/mol. The van der Waals surface area contributed by atoms with Crippen molar-refractivity contribution in [3.63, 3.8) is 0 Å². The Labute approximate surface area is 128 Å². The molecule has 1 aliphatic heterocycles. The predicted octanol–water partition coefficient (Wildman–Crippen LogP) is 2.36. The molecule has 21 heavy (non-hydrogen) atoms. The SMILES string of the molecule is CC1CCN(CC(O)CNC2CCc3ccccc32)CC1. The molecule has 0 amide bonds. The maximum absolute atomic E-state index is 10.3. The molecule has 2 aliphatic rings. The number of benzene rings is 1. The van der Waals surface area contributed by atoms with E-state index in [1.807, 2.05) is 0 Å². The van der Waals surface area contributed by atoms with Gasteiger partial charge in [-0.15, -0.1) is 0 Å². The van der Waals surface area contributed by atoms with Gasteiger partial charge >= 0.3 is 0 Å². The van der Waals surface area contributed by atoms with Gasteiger partial charge < -0.3 is 15.3 Å². The van der Waals surface area contributed by atoms with E-state index in [-0.39, 0.29) is 6.10 Å². The normalized spacial score (nSPS) is 25.0. The molecule has 1 aromatic rings. The zero-order chi connectivity index (χ0) is 14.7. The quantitative estimate of drug-likeness (QED) is 0.873. The van der Waals surface area contributed by atoms with E-state index < -0.39 is 0 Å². The van der Waals surface area contributed by atoms with Gasteiger partial charge in [0.2, 0.25) is 0 Å². The van der Waals surface area contributed by atoms with E-state index in [0.29, 0.717) is 12.6 Å². The molecule has 0 bridgehead atoms. The summed E-state index contributed by atoms with van der Waals surface area (Å²) >= 11 is 0. The minimum atomic E-state index is -0.258. The van der Waals surface area contributed by atoms with Crippen molar-refractivity contribution in [2.45, 2.75) is 44.8 Å². The van der Waals surface area contributed by atoms with E-state index in [1.165, 1.54) is 24.0 Å². The molecular weight excluding hydrogens is 260 g/mol. The Kier molecular flexibility index (Phi) is 4.94. The molecule has 1 aliphatic carbocycles. The highest BCUT2D eigenvalue weighted by Crippen LogP contribution is 2.30. The number of hydrogen-bond donors (Lipinski definition) is 2. The lowest BCUT2D eigenvalue weighted by molar-refractivity contribution is 0.0888. The second-order valence-electron chi connectivity index (χ2n) is 6.84. The summed E-state index contributed by atoms with van der Waals surface area (Å²) in [6.07, 6.45) is 4.61. The average Bonchev–Trinajstić information content (AvgIpc) is 2.91. The number of β-amino-alcohol motifs (C(OH)–C–C–N with tert-alkyl or cyclic N) is 1. The van der Waals surface area contributed by atoms with E-state index in [4.69, 9.17) is 0 Å². The van der Waals surface area contributed by atoms with Crippen LogP contribution in [-0.2, 0) is 6.42 Å². The van der Waals surface area contributed by atoms with Crippen molar-refractivity contribution >= 4 is 0 Å². The molecular formula is C18H28N2O. The summed E-state index contributed by atoms with van der Waals surface area (Å²) < 4.78 is 0. The molecule has 3 rings (SSSR count). The minimum absolute atomic E-state index is 0.258. The van der Waals surface area contributed by atoms with Crippen molar-refractivity contribution < 1.29 is 5.11 Å². The van der Waals surface area contributed by atoms with Crippen LogP contribution >= 0.6 is 0 Å². The van der Waals surface area contributed by atoms with Gasteiger partial charge in [-0.05, 0) is 55.8 Å². The lowest BCUT2D eigenvalue weighted by Crippen LogP contribution is -2.42. The van der Waals surface area contributed by atoms with Crippen molar-refractivity contribution in [2.75, 3.05) is 26.2 Å². The molecule has 0 aromatic heterocycles. The number of aliphatic hydroxyl groups is 1. The second kappa shape index (κ2) is 6.91. The Morgan fingerprint density at radius 1 is 1.24 bits per heavy atom. The predicted molar refractivity (Wildman–Crippen MR) is 86.4 cm³/mol. The van der Waals surface area contributed by atoms with Crippen LogP contribution in [0, 0.1) is 5.92 Å². The van der Waals surface area contributed by atoms with Gasteiger partial charge in [-0.1, -0.05) is 31.2 Å². The third-order valence-electron chi connectivity index (χ3n) is 5.08. The standard InChI is InChI=1S/C18H28N2O/c1-14-8-10-20(11-9-14)13-16(21)12-19-18-7-6-15-4-2-3-5-17(15)18/h2-5,14,16,18-19,21H,6-13H2,1H3. The lowest BCUT2D eigenvalue weighted by atomic mass is 9.99. The number of aliphatic hydroxyl groups excluding tert-OH is 1. The van der Waals surface area contributed by atoms with Crippen LogP contribution in [0.25, 0.3) is 0 Å². The zero-order valence-electron chi connectivity index (χ0n) is 13.1. The summed E-state index contributed by atoms with van der Waals surface area (Å²) in [5.41, 5.74) is 2.89. The maximum atomic E-state index is 10.3. The minimum Gasteiger partial charge on any atom is -0.390 e. The number of aryl methyl sites for hydroxylation is 1. The van der Waals surface area contributed by atoms with Crippen molar-refractivity contribution in [3.8, 4) is 0 Å². The van der Waals surface area contributed by atoms with Crippen LogP contribution in [0.1, 0.15) is 43.4 Å². The van der Waals surface area contributed by atoms with Crippen LogP contribution in [0.4, 0.5) is 0 Å². The fourth-order valence-electron chi connectivity index (χ4n) is 3.65. The molecule has 1 heterocycles. The summed E-state index contributed by atoms with van der Waals surface area (Å²) in [5.74, 6) is 0.853.